The Morgan fingerprint density at radius 2 is 1.39 bits per heavy atom. The number of anilines is 1. The van der Waals surface area contributed by atoms with Crippen molar-refractivity contribution in [3.8, 4) is 5.75 Å². The predicted molar refractivity (Wildman–Crippen MR) is 137 cm³/mol. The van der Waals surface area contributed by atoms with Crippen LogP contribution in [0.1, 0.15) is 54.4 Å². The van der Waals surface area contributed by atoms with Gasteiger partial charge in [-0.2, -0.15) is 8.61 Å². The summed E-state index contributed by atoms with van der Waals surface area (Å²) in [6.07, 6.45) is 5.23. The Kier molecular flexibility index (Phi) is 8.03. The van der Waals surface area contributed by atoms with Gasteiger partial charge >= 0.3 is 0 Å². The predicted octanol–water partition coefficient (Wildman–Crippen LogP) is 3.61. The van der Waals surface area contributed by atoms with Gasteiger partial charge in [0.15, 0.2) is 0 Å². The summed E-state index contributed by atoms with van der Waals surface area (Å²) >= 11 is 0. The lowest BCUT2D eigenvalue weighted by molar-refractivity contribution is 0.102. The third kappa shape index (κ3) is 5.44. The van der Waals surface area contributed by atoms with Crippen LogP contribution < -0.4 is 10.1 Å². The Labute approximate surface area is 213 Å². The number of rotatable bonds is 7. The molecule has 1 amide bonds. The molecule has 11 heteroatoms. The number of amides is 1. The maximum absolute atomic E-state index is 13.3. The average molecular weight is 536 g/mol. The fraction of sp³-hybridized carbons (Fsp3) is 0.480. The van der Waals surface area contributed by atoms with Gasteiger partial charge < -0.3 is 10.1 Å². The maximum Gasteiger partial charge on any atom is 0.255 e. The van der Waals surface area contributed by atoms with Gasteiger partial charge in [0.1, 0.15) is 10.6 Å². The Morgan fingerprint density at radius 3 is 1.97 bits per heavy atom. The van der Waals surface area contributed by atoms with E-state index in [0.29, 0.717) is 31.7 Å². The van der Waals surface area contributed by atoms with Crippen molar-refractivity contribution in [2.45, 2.75) is 55.2 Å². The molecule has 0 radical (unpaired) electrons. The highest BCUT2D eigenvalue weighted by Crippen LogP contribution is 2.31. The number of hydrogen-bond donors (Lipinski definition) is 1. The van der Waals surface area contributed by atoms with E-state index in [1.807, 2.05) is 0 Å². The minimum Gasteiger partial charge on any atom is -0.495 e. The van der Waals surface area contributed by atoms with Gasteiger partial charge in [-0.3, -0.25) is 4.79 Å². The van der Waals surface area contributed by atoms with E-state index in [1.54, 1.807) is 19.1 Å². The molecule has 9 nitrogen and oxygen atoms in total. The SMILES string of the molecule is COc1ccc(NC(=O)c2cc(S(=O)(=O)N3CCCCC3)ccc2C)cc1S(=O)(=O)N1CCCCC1. The van der Waals surface area contributed by atoms with Gasteiger partial charge in [0.25, 0.3) is 5.91 Å². The Morgan fingerprint density at radius 1 is 0.806 bits per heavy atom. The van der Waals surface area contributed by atoms with Gasteiger partial charge in [-0.25, -0.2) is 16.8 Å². The molecular weight excluding hydrogens is 502 g/mol. The minimum absolute atomic E-state index is 0.0113. The van der Waals surface area contributed by atoms with Gasteiger partial charge in [0.2, 0.25) is 20.0 Å². The van der Waals surface area contributed by atoms with Crippen LogP contribution in [0.3, 0.4) is 0 Å². The molecule has 2 aliphatic rings. The van der Waals surface area contributed by atoms with Crippen molar-refractivity contribution in [3.63, 3.8) is 0 Å². The molecule has 0 aliphatic carbocycles. The summed E-state index contributed by atoms with van der Waals surface area (Å²) in [7, 11) is -6.10. The maximum atomic E-state index is 13.3. The van der Waals surface area contributed by atoms with Crippen LogP contribution in [0.2, 0.25) is 0 Å². The number of nitrogens with zero attached hydrogens (tertiary/aromatic N) is 2. The second kappa shape index (κ2) is 10.9. The van der Waals surface area contributed by atoms with Gasteiger partial charge in [0, 0.05) is 37.4 Å². The lowest BCUT2D eigenvalue weighted by Crippen LogP contribution is -2.35. The number of sulfonamides is 2. The van der Waals surface area contributed by atoms with Crippen LogP contribution in [0.25, 0.3) is 0 Å². The number of carbonyl (C=O) groups is 1. The molecule has 0 saturated carbocycles. The molecule has 2 aromatic carbocycles. The molecule has 1 N–H and O–H groups in total. The van der Waals surface area contributed by atoms with E-state index < -0.39 is 26.0 Å². The quantitative estimate of drug-likeness (QED) is 0.580. The third-order valence-corrected chi connectivity index (χ3v) is 10.6. The summed E-state index contributed by atoms with van der Waals surface area (Å²) < 4.78 is 61.0. The highest BCUT2D eigenvalue weighted by atomic mass is 32.2. The zero-order valence-electron chi connectivity index (χ0n) is 20.7. The molecule has 0 aromatic heterocycles. The number of carbonyl (C=O) groups excluding carboxylic acids is 1. The summed E-state index contributed by atoms with van der Waals surface area (Å²) in [5, 5.41) is 2.74. The number of nitrogens with one attached hydrogen (secondary N) is 1. The fourth-order valence-electron chi connectivity index (χ4n) is 4.66. The molecule has 2 fully saturated rings. The number of methoxy groups -OCH3 is 1. The molecule has 2 heterocycles. The van der Waals surface area contributed by atoms with Crippen LogP contribution in [0, 0.1) is 6.92 Å². The highest BCUT2D eigenvalue weighted by molar-refractivity contribution is 7.89. The van der Waals surface area contributed by atoms with Crippen molar-refractivity contribution >= 4 is 31.6 Å². The standard InChI is InChI=1S/C25H33N3O6S2/c1-19-9-11-21(35(30,31)27-13-5-3-6-14-27)18-22(19)25(29)26-20-10-12-23(34-2)24(17-20)36(32,33)28-15-7-4-8-16-28/h9-12,17-18H,3-8,13-16H2,1-2H3,(H,26,29). The highest BCUT2D eigenvalue weighted by Gasteiger charge is 2.30. The van der Waals surface area contributed by atoms with E-state index in [2.05, 4.69) is 5.32 Å². The van der Waals surface area contributed by atoms with Crippen LogP contribution in [0.4, 0.5) is 5.69 Å². The van der Waals surface area contributed by atoms with E-state index in [1.165, 1.54) is 40.0 Å². The first-order valence-corrected chi connectivity index (χ1v) is 15.1. The molecule has 36 heavy (non-hydrogen) atoms. The van der Waals surface area contributed by atoms with Crippen LogP contribution >= 0.6 is 0 Å². The van der Waals surface area contributed by atoms with E-state index >= 15 is 0 Å². The first-order valence-electron chi connectivity index (χ1n) is 12.2. The van der Waals surface area contributed by atoms with E-state index in [-0.39, 0.29) is 26.8 Å². The number of hydrogen-bond acceptors (Lipinski definition) is 6. The van der Waals surface area contributed by atoms with Crippen molar-refractivity contribution in [3.05, 3.63) is 47.5 Å². The Balaban J connectivity index is 1.61. The second-order valence-corrected chi connectivity index (χ2v) is 13.1. The molecule has 196 valence electrons. The topological polar surface area (TPSA) is 113 Å². The van der Waals surface area contributed by atoms with Crippen LogP contribution in [0.5, 0.6) is 5.75 Å². The summed E-state index contributed by atoms with van der Waals surface area (Å²) in [5.74, 6) is -0.320. The van der Waals surface area contributed by atoms with Crippen molar-refractivity contribution in [1.29, 1.82) is 0 Å². The largest absolute Gasteiger partial charge is 0.495 e. The number of benzene rings is 2. The van der Waals surface area contributed by atoms with Crippen LogP contribution in [-0.2, 0) is 20.0 Å². The number of ether oxygens (including phenoxy) is 1. The lowest BCUT2D eigenvalue weighted by atomic mass is 10.1. The van der Waals surface area contributed by atoms with Gasteiger partial charge in [-0.15, -0.1) is 0 Å². The molecule has 0 bridgehead atoms. The number of piperidine rings is 2. The lowest BCUT2D eigenvalue weighted by Gasteiger charge is -2.26. The molecule has 2 aliphatic heterocycles. The minimum atomic E-state index is -3.80. The summed E-state index contributed by atoms with van der Waals surface area (Å²) in [6.45, 7) is 3.56. The van der Waals surface area contributed by atoms with E-state index in [9.17, 15) is 21.6 Å². The summed E-state index contributed by atoms with van der Waals surface area (Å²) in [5.41, 5.74) is 1.10. The molecule has 0 unspecified atom stereocenters. The molecule has 0 spiro atoms. The van der Waals surface area contributed by atoms with Gasteiger partial charge in [0.05, 0.1) is 12.0 Å². The first-order chi connectivity index (χ1) is 17.1. The fourth-order valence-corrected chi connectivity index (χ4v) is 7.90. The van der Waals surface area contributed by atoms with Gasteiger partial charge in [-0.1, -0.05) is 18.9 Å². The zero-order valence-corrected chi connectivity index (χ0v) is 22.3. The van der Waals surface area contributed by atoms with Crippen LogP contribution in [-0.4, -0.2) is 64.6 Å². The molecule has 0 atom stereocenters. The molecular formula is C25H33N3O6S2. The zero-order chi connectivity index (χ0) is 25.9. The van der Waals surface area contributed by atoms with Crippen molar-refractivity contribution < 1.29 is 26.4 Å². The summed E-state index contributed by atoms with van der Waals surface area (Å²) in [4.78, 5) is 13.3. The van der Waals surface area contributed by atoms with Crippen LogP contribution in [0.15, 0.2) is 46.2 Å². The third-order valence-electron chi connectivity index (χ3n) is 6.76. The van der Waals surface area contributed by atoms with Crippen molar-refractivity contribution in [2.24, 2.45) is 0 Å². The van der Waals surface area contributed by atoms with E-state index in [4.69, 9.17) is 4.74 Å². The monoisotopic (exact) mass is 535 g/mol. The molecule has 2 saturated heterocycles. The van der Waals surface area contributed by atoms with E-state index in [0.717, 1.165) is 38.5 Å². The summed E-state index contributed by atoms with van der Waals surface area (Å²) in [6, 6.07) is 9.00. The second-order valence-electron chi connectivity index (χ2n) is 9.23. The molecule has 4 rings (SSSR count). The average Bonchev–Trinajstić information content (AvgIpc) is 2.89. The smallest absolute Gasteiger partial charge is 0.255 e. The Hall–Kier alpha value is -2.47. The Bertz CT molecular complexity index is 1330. The van der Waals surface area contributed by atoms with Gasteiger partial charge in [-0.05, 0) is 68.5 Å². The molecule has 2 aromatic rings. The van der Waals surface area contributed by atoms with Crippen molar-refractivity contribution in [2.75, 3.05) is 38.6 Å². The number of aryl methyl sites for hydroxylation is 1. The first kappa shape index (κ1) is 26.6. The normalized spacial score (nSPS) is 18.1. The van der Waals surface area contributed by atoms with Crippen molar-refractivity contribution in [1.82, 2.24) is 8.61 Å².